The number of carbonyl (C=O) groups is 1. The van der Waals surface area contributed by atoms with Crippen molar-refractivity contribution in [2.24, 2.45) is 5.92 Å². The molecule has 2 N–H and O–H groups in total. The molecule has 1 saturated carbocycles. The second-order valence-electron chi connectivity index (χ2n) is 4.28. The summed E-state index contributed by atoms with van der Waals surface area (Å²) in [4.78, 5) is 19.7. The third-order valence-corrected chi connectivity index (χ3v) is 2.62. The van der Waals surface area contributed by atoms with Gasteiger partial charge in [-0.25, -0.2) is 0 Å². The van der Waals surface area contributed by atoms with E-state index in [1.165, 1.54) is 12.8 Å². The fraction of sp³-hybridized carbons (Fsp3) is 0.583. The zero-order valence-electron chi connectivity index (χ0n) is 10.5. The van der Waals surface area contributed by atoms with Crippen LogP contribution in [-0.2, 0) is 4.79 Å². The van der Waals surface area contributed by atoms with Gasteiger partial charge in [-0.3, -0.25) is 9.78 Å². The molecular weight excluding hydrogens is 232 g/mol. The van der Waals surface area contributed by atoms with Crippen LogP contribution in [0.25, 0.3) is 0 Å². The van der Waals surface area contributed by atoms with E-state index in [2.05, 4.69) is 20.6 Å². The first-order valence-electron chi connectivity index (χ1n) is 6.23. The van der Waals surface area contributed by atoms with E-state index in [1.807, 2.05) is 6.92 Å². The highest BCUT2D eigenvalue weighted by Crippen LogP contribution is 2.27. The Kier molecular flexibility index (Phi) is 4.33. The molecule has 18 heavy (non-hydrogen) atoms. The van der Waals surface area contributed by atoms with Crippen molar-refractivity contribution in [3.8, 4) is 5.88 Å². The lowest BCUT2D eigenvalue weighted by molar-refractivity contribution is -0.119. The monoisotopic (exact) mass is 250 g/mol. The van der Waals surface area contributed by atoms with Gasteiger partial charge in [0.2, 0.25) is 11.8 Å². The third-order valence-electron chi connectivity index (χ3n) is 2.62. The second-order valence-corrected chi connectivity index (χ2v) is 4.28. The summed E-state index contributed by atoms with van der Waals surface area (Å²) in [5.74, 6) is 1.67. The van der Waals surface area contributed by atoms with Crippen molar-refractivity contribution in [2.75, 3.05) is 25.0 Å². The van der Waals surface area contributed by atoms with Gasteiger partial charge in [-0.15, -0.1) is 0 Å². The second kappa shape index (κ2) is 6.18. The fourth-order valence-electron chi connectivity index (χ4n) is 1.46. The van der Waals surface area contributed by atoms with E-state index >= 15 is 0 Å². The minimum absolute atomic E-state index is 0.0227. The van der Waals surface area contributed by atoms with Gasteiger partial charge in [0.05, 0.1) is 25.5 Å². The molecule has 0 spiro atoms. The number of aromatic nitrogens is 2. The van der Waals surface area contributed by atoms with Crippen LogP contribution in [0.4, 0.5) is 5.82 Å². The Balaban J connectivity index is 1.73. The van der Waals surface area contributed by atoms with Gasteiger partial charge in [-0.05, 0) is 25.7 Å². The van der Waals surface area contributed by atoms with Gasteiger partial charge < -0.3 is 15.4 Å². The lowest BCUT2D eigenvalue weighted by atomic mass is 10.4. The maximum atomic E-state index is 11.5. The Bertz CT molecular complexity index is 407. The molecule has 2 rings (SSSR count). The van der Waals surface area contributed by atoms with Crippen molar-refractivity contribution in [3.05, 3.63) is 12.4 Å². The van der Waals surface area contributed by atoms with Gasteiger partial charge >= 0.3 is 0 Å². The molecule has 1 amide bonds. The van der Waals surface area contributed by atoms with E-state index in [4.69, 9.17) is 4.74 Å². The van der Waals surface area contributed by atoms with Gasteiger partial charge in [-0.1, -0.05) is 0 Å². The van der Waals surface area contributed by atoms with E-state index in [0.717, 1.165) is 6.54 Å². The minimum Gasteiger partial charge on any atom is -0.477 e. The van der Waals surface area contributed by atoms with Crippen molar-refractivity contribution < 1.29 is 9.53 Å². The summed E-state index contributed by atoms with van der Waals surface area (Å²) in [7, 11) is 0. The quantitative estimate of drug-likeness (QED) is 0.749. The average molecular weight is 250 g/mol. The van der Waals surface area contributed by atoms with Gasteiger partial charge in [0.1, 0.15) is 5.82 Å². The zero-order chi connectivity index (χ0) is 12.8. The van der Waals surface area contributed by atoms with Crippen LogP contribution in [0.3, 0.4) is 0 Å². The predicted octanol–water partition coefficient (Wildman–Crippen LogP) is 0.813. The molecule has 98 valence electrons. The standard InChI is InChI=1S/C12H18N4O2/c1-2-18-12-8-13-6-10(16-12)14-7-11(17)15-5-9-3-4-9/h6,8-9H,2-5,7H2,1H3,(H,14,16)(H,15,17). The Morgan fingerprint density at radius 3 is 3.06 bits per heavy atom. The van der Waals surface area contributed by atoms with Crippen molar-refractivity contribution in [3.63, 3.8) is 0 Å². The maximum Gasteiger partial charge on any atom is 0.239 e. The van der Waals surface area contributed by atoms with Crippen LogP contribution in [-0.4, -0.2) is 35.6 Å². The smallest absolute Gasteiger partial charge is 0.239 e. The first kappa shape index (κ1) is 12.6. The minimum atomic E-state index is -0.0227. The summed E-state index contributed by atoms with van der Waals surface area (Å²) in [6, 6.07) is 0. The molecule has 0 aromatic carbocycles. The van der Waals surface area contributed by atoms with Crippen LogP contribution in [0.15, 0.2) is 12.4 Å². The molecule has 0 radical (unpaired) electrons. The molecule has 1 heterocycles. The highest BCUT2D eigenvalue weighted by molar-refractivity contribution is 5.80. The third kappa shape index (κ3) is 4.20. The summed E-state index contributed by atoms with van der Waals surface area (Å²) in [5.41, 5.74) is 0. The molecule has 1 fully saturated rings. The molecule has 6 heteroatoms. The van der Waals surface area contributed by atoms with Crippen LogP contribution in [0.5, 0.6) is 5.88 Å². The molecule has 1 aliphatic rings. The number of hydrogen-bond acceptors (Lipinski definition) is 5. The summed E-state index contributed by atoms with van der Waals surface area (Å²) < 4.78 is 5.23. The molecule has 0 aliphatic heterocycles. The van der Waals surface area contributed by atoms with Crippen molar-refractivity contribution in [2.45, 2.75) is 19.8 Å². The van der Waals surface area contributed by atoms with E-state index in [9.17, 15) is 4.79 Å². The summed E-state index contributed by atoms with van der Waals surface area (Å²) >= 11 is 0. The topological polar surface area (TPSA) is 76.1 Å². The molecule has 1 aromatic heterocycles. The van der Waals surface area contributed by atoms with E-state index in [1.54, 1.807) is 12.4 Å². The Hall–Kier alpha value is -1.85. The van der Waals surface area contributed by atoms with Crippen LogP contribution >= 0.6 is 0 Å². The van der Waals surface area contributed by atoms with E-state index in [0.29, 0.717) is 24.2 Å². The molecule has 0 atom stereocenters. The van der Waals surface area contributed by atoms with Crippen LogP contribution in [0.1, 0.15) is 19.8 Å². The number of ether oxygens (including phenoxy) is 1. The summed E-state index contributed by atoms with van der Waals surface area (Å²) in [6.45, 7) is 3.41. The molecule has 0 unspecified atom stereocenters. The molecule has 1 aromatic rings. The van der Waals surface area contributed by atoms with Crippen molar-refractivity contribution in [1.82, 2.24) is 15.3 Å². The van der Waals surface area contributed by atoms with E-state index in [-0.39, 0.29) is 12.5 Å². The fourth-order valence-corrected chi connectivity index (χ4v) is 1.46. The lowest BCUT2D eigenvalue weighted by Gasteiger charge is -2.07. The molecule has 0 bridgehead atoms. The van der Waals surface area contributed by atoms with E-state index < -0.39 is 0 Å². The SMILES string of the molecule is CCOc1cncc(NCC(=O)NCC2CC2)n1. The summed E-state index contributed by atoms with van der Waals surface area (Å²) in [6.07, 6.45) is 5.57. The summed E-state index contributed by atoms with van der Waals surface area (Å²) in [5, 5.41) is 5.80. The first-order valence-corrected chi connectivity index (χ1v) is 6.23. The number of nitrogens with zero attached hydrogens (tertiary/aromatic N) is 2. The Morgan fingerprint density at radius 1 is 1.50 bits per heavy atom. The highest BCUT2D eigenvalue weighted by atomic mass is 16.5. The normalized spacial score (nSPS) is 14.1. The van der Waals surface area contributed by atoms with Crippen LogP contribution < -0.4 is 15.4 Å². The zero-order valence-corrected chi connectivity index (χ0v) is 10.5. The van der Waals surface area contributed by atoms with Crippen molar-refractivity contribution in [1.29, 1.82) is 0 Å². The van der Waals surface area contributed by atoms with Crippen molar-refractivity contribution >= 4 is 11.7 Å². The number of anilines is 1. The number of amides is 1. The average Bonchev–Trinajstić information content (AvgIpc) is 3.19. The lowest BCUT2D eigenvalue weighted by Crippen LogP contribution is -2.31. The molecular formula is C12H18N4O2. The highest BCUT2D eigenvalue weighted by Gasteiger charge is 2.21. The Labute approximate surface area is 106 Å². The van der Waals surface area contributed by atoms with Gasteiger partial charge in [0.25, 0.3) is 0 Å². The van der Waals surface area contributed by atoms with Gasteiger partial charge in [-0.2, -0.15) is 4.98 Å². The molecule has 0 saturated heterocycles. The number of rotatable bonds is 7. The molecule has 6 nitrogen and oxygen atoms in total. The number of nitrogens with one attached hydrogen (secondary N) is 2. The Morgan fingerprint density at radius 2 is 2.33 bits per heavy atom. The molecule has 1 aliphatic carbocycles. The van der Waals surface area contributed by atoms with Crippen LogP contribution in [0, 0.1) is 5.92 Å². The van der Waals surface area contributed by atoms with Gasteiger partial charge in [0, 0.05) is 6.54 Å². The number of hydrogen-bond donors (Lipinski definition) is 2. The first-order chi connectivity index (χ1) is 8.78. The predicted molar refractivity (Wildman–Crippen MR) is 67.4 cm³/mol. The van der Waals surface area contributed by atoms with Crippen LogP contribution in [0.2, 0.25) is 0 Å². The largest absolute Gasteiger partial charge is 0.477 e. The maximum absolute atomic E-state index is 11.5. The van der Waals surface area contributed by atoms with Gasteiger partial charge in [0.15, 0.2) is 0 Å². The number of carbonyl (C=O) groups excluding carboxylic acids is 1.